The Morgan fingerprint density at radius 1 is 1.00 bits per heavy atom. The molecule has 0 aliphatic heterocycles. The van der Waals surface area contributed by atoms with E-state index in [1.165, 1.54) is 0 Å². The molecule has 0 radical (unpaired) electrons. The molecule has 0 bridgehead atoms. The molecule has 4 rings (SSSR count). The summed E-state index contributed by atoms with van der Waals surface area (Å²) in [6.07, 6.45) is 0. The number of aromatic nitrogens is 3. The fraction of sp³-hybridized carbons (Fsp3) is 0.0500. The van der Waals surface area contributed by atoms with E-state index in [0.717, 1.165) is 29.3 Å². The smallest absolute Gasteiger partial charge is 0.255 e. The third-order valence-corrected chi connectivity index (χ3v) is 4.13. The van der Waals surface area contributed by atoms with E-state index in [1.54, 1.807) is 22.9 Å². The summed E-state index contributed by atoms with van der Waals surface area (Å²) < 4.78 is 28.7. The van der Waals surface area contributed by atoms with Crippen LogP contribution < -0.4 is 5.32 Å². The number of carbonyl (C=O) groups is 1. The van der Waals surface area contributed by atoms with E-state index in [2.05, 4.69) is 15.6 Å². The summed E-state index contributed by atoms with van der Waals surface area (Å²) in [4.78, 5) is 12.4. The summed E-state index contributed by atoms with van der Waals surface area (Å²) in [5.74, 6) is -1.90. The Morgan fingerprint density at radius 2 is 1.81 bits per heavy atom. The van der Waals surface area contributed by atoms with Crippen molar-refractivity contribution in [1.82, 2.24) is 15.0 Å². The van der Waals surface area contributed by atoms with Crippen molar-refractivity contribution in [2.24, 2.45) is 0 Å². The van der Waals surface area contributed by atoms with E-state index in [9.17, 15) is 13.6 Å². The highest BCUT2D eigenvalue weighted by atomic mass is 19.1. The monoisotopic (exact) mass is 364 g/mol. The maximum atomic E-state index is 13.7. The number of nitrogens with one attached hydrogen (secondary N) is 1. The van der Waals surface area contributed by atoms with Crippen LogP contribution in [0, 0.1) is 11.6 Å². The topological polar surface area (TPSA) is 59.8 Å². The molecule has 0 aliphatic carbocycles. The molecule has 27 heavy (non-hydrogen) atoms. The number of amides is 1. The van der Waals surface area contributed by atoms with Gasteiger partial charge in [-0.3, -0.25) is 4.79 Å². The number of nitrogens with zero attached hydrogens (tertiary/aromatic N) is 3. The SMILES string of the molecule is O=C(Nc1cc(F)ccc1F)c1ccc2c(c1)nnn2Cc1ccccc1. The van der Waals surface area contributed by atoms with Crippen LogP contribution in [0.4, 0.5) is 14.5 Å². The summed E-state index contributed by atoms with van der Waals surface area (Å²) in [7, 11) is 0. The van der Waals surface area contributed by atoms with Crippen LogP contribution >= 0.6 is 0 Å². The van der Waals surface area contributed by atoms with Crippen LogP contribution in [0.15, 0.2) is 66.7 Å². The number of halogens is 2. The molecule has 0 aliphatic rings. The predicted molar refractivity (Wildman–Crippen MR) is 97.4 cm³/mol. The third kappa shape index (κ3) is 3.52. The van der Waals surface area contributed by atoms with Gasteiger partial charge in [0.15, 0.2) is 0 Å². The van der Waals surface area contributed by atoms with Crippen LogP contribution in [-0.2, 0) is 6.54 Å². The van der Waals surface area contributed by atoms with Gasteiger partial charge in [-0.25, -0.2) is 13.5 Å². The maximum Gasteiger partial charge on any atom is 0.255 e. The Hall–Kier alpha value is -3.61. The van der Waals surface area contributed by atoms with Gasteiger partial charge in [0.1, 0.15) is 17.2 Å². The molecule has 7 heteroatoms. The molecule has 1 heterocycles. The second-order valence-corrected chi connectivity index (χ2v) is 6.01. The van der Waals surface area contributed by atoms with E-state index >= 15 is 0 Å². The van der Waals surface area contributed by atoms with Gasteiger partial charge in [-0.1, -0.05) is 35.5 Å². The Bertz CT molecular complexity index is 1130. The van der Waals surface area contributed by atoms with Crippen LogP contribution in [-0.4, -0.2) is 20.9 Å². The summed E-state index contributed by atoms with van der Waals surface area (Å²) in [5, 5.41) is 10.6. The van der Waals surface area contributed by atoms with E-state index < -0.39 is 17.5 Å². The lowest BCUT2D eigenvalue weighted by atomic mass is 10.1. The van der Waals surface area contributed by atoms with Crippen LogP contribution in [0.5, 0.6) is 0 Å². The molecule has 4 aromatic rings. The Morgan fingerprint density at radius 3 is 2.63 bits per heavy atom. The fourth-order valence-electron chi connectivity index (χ4n) is 2.77. The zero-order chi connectivity index (χ0) is 18.8. The van der Waals surface area contributed by atoms with Crippen LogP contribution in [0.1, 0.15) is 15.9 Å². The lowest BCUT2D eigenvalue weighted by Crippen LogP contribution is -2.13. The quantitative estimate of drug-likeness (QED) is 0.595. The van der Waals surface area contributed by atoms with Crippen molar-refractivity contribution in [3.05, 3.63) is 89.5 Å². The molecule has 5 nitrogen and oxygen atoms in total. The molecular formula is C20H14F2N4O. The highest BCUT2D eigenvalue weighted by Crippen LogP contribution is 2.19. The number of fused-ring (bicyclic) bond motifs is 1. The normalized spacial score (nSPS) is 10.9. The van der Waals surface area contributed by atoms with Gasteiger partial charge in [0.25, 0.3) is 5.91 Å². The minimum absolute atomic E-state index is 0.215. The van der Waals surface area contributed by atoms with E-state index in [4.69, 9.17) is 0 Å². The first kappa shape index (κ1) is 16.8. The zero-order valence-electron chi connectivity index (χ0n) is 14.1. The first-order chi connectivity index (χ1) is 13.1. The van der Waals surface area contributed by atoms with Crippen LogP contribution in [0.25, 0.3) is 11.0 Å². The van der Waals surface area contributed by atoms with Crippen molar-refractivity contribution in [3.8, 4) is 0 Å². The fourth-order valence-corrected chi connectivity index (χ4v) is 2.77. The summed E-state index contributed by atoms with van der Waals surface area (Å²) in [5.41, 5.74) is 2.45. The van der Waals surface area contributed by atoms with Crippen LogP contribution in [0.2, 0.25) is 0 Å². The average Bonchev–Trinajstić information content (AvgIpc) is 3.07. The Kier molecular flexibility index (Phi) is 4.33. The van der Waals surface area contributed by atoms with Gasteiger partial charge in [-0.2, -0.15) is 0 Å². The van der Waals surface area contributed by atoms with Gasteiger partial charge in [0.2, 0.25) is 0 Å². The average molecular weight is 364 g/mol. The molecule has 0 spiro atoms. The maximum absolute atomic E-state index is 13.7. The number of benzene rings is 3. The van der Waals surface area contributed by atoms with Crippen molar-refractivity contribution in [2.45, 2.75) is 6.54 Å². The minimum Gasteiger partial charge on any atom is -0.319 e. The number of hydrogen-bond acceptors (Lipinski definition) is 3. The number of hydrogen-bond donors (Lipinski definition) is 1. The lowest BCUT2D eigenvalue weighted by molar-refractivity contribution is 0.102. The first-order valence-electron chi connectivity index (χ1n) is 8.24. The summed E-state index contributed by atoms with van der Waals surface area (Å²) in [6.45, 7) is 0.553. The van der Waals surface area contributed by atoms with Gasteiger partial charge in [-0.05, 0) is 35.9 Å². The zero-order valence-corrected chi connectivity index (χ0v) is 14.1. The molecule has 3 aromatic carbocycles. The molecular weight excluding hydrogens is 350 g/mol. The van der Waals surface area contributed by atoms with E-state index in [0.29, 0.717) is 12.1 Å². The molecule has 0 saturated carbocycles. The minimum atomic E-state index is -0.709. The second kappa shape index (κ2) is 6.95. The number of rotatable bonds is 4. The number of carbonyl (C=O) groups excluding carboxylic acids is 1. The van der Waals surface area contributed by atoms with Crippen molar-refractivity contribution < 1.29 is 13.6 Å². The molecule has 1 N–H and O–H groups in total. The van der Waals surface area contributed by atoms with Crippen LogP contribution in [0.3, 0.4) is 0 Å². The number of anilines is 1. The molecule has 0 fully saturated rings. The van der Waals surface area contributed by atoms with Gasteiger partial charge < -0.3 is 5.32 Å². The molecule has 0 unspecified atom stereocenters. The van der Waals surface area contributed by atoms with Gasteiger partial charge in [0, 0.05) is 11.6 Å². The van der Waals surface area contributed by atoms with E-state index in [1.807, 2.05) is 30.3 Å². The van der Waals surface area contributed by atoms with Crippen molar-refractivity contribution in [2.75, 3.05) is 5.32 Å². The van der Waals surface area contributed by atoms with Gasteiger partial charge in [-0.15, -0.1) is 5.10 Å². The van der Waals surface area contributed by atoms with Crippen molar-refractivity contribution in [3.63, 3.8) is 0 Å². The predicted octanol–water partition coefficient (Wildman–Crippen LogP) is 4.01. The highest BCUT2D eigenvalue weighted by molar-refractivity contribution is 6.05. The van der Waals surface area contributed by atoms with Crippen molar-refractivity contribution in [1.29, 1.82) is 0 Å². The Labute approximate surface area is 153 Å². The summed E-state index contributed by atoms with van der Waals surface area (Å²) in [6, 6.07) is 17.6. The molecule has 1 amide bonds. The van der Waals surface area contributed by atoms with Crippen molar-refractivity contribution >= 4 is 22.6 Å². The van der Waals surface area contributed by atoms with Gasteiger partial charge >= 0.3 is 0 Å². The standard InChI is InChI=1S/C20H14F2N4O/c21-15-7-8-16(22)17(11-15)23-20(27)14-6-9-19-18(10-14)24-25-26(19)12-13-4-2-1-3-5-13/h1-11H,12H2,(H,23,27). The second-order valence-electron chi connectivity index (χ2n) is 6.01. The largest absolute Gasteiger partial charge is 0.319 e. The molecule has 0 atom stereocenters. The van der Waals surface area contributed by atoms with Gasteiger partial charge in [0.05, 0.1) is 17.7 Å². The highest BCUT2D eigenvalue weighted by Gasteiger charge is 2.13. The third-order valence-electron chi connectivity index (χ3n) is 4.13. The molecule has 1 aromatic heterocycles. The molecule has 134 valence electrons. The van der Waals surface area contributed by atoms with E-state index in [-0.39, 0.29) is 11.3 Å². The molecule has 0 saturated heterocycles. The summed E-state index contributed by atoms with van der Waals surface area (Å²) >= 11 is 0. The lowest BCUT2D eigenvalue weighted by Gasteiger charge is -2.07. The first-order valence-corrected chi connectivity index (χ1v) is 8.24. The Balaban J connectivity index is 1.58.